The minimum Gasteiger partial charge on any atom is -0.378 e. The fourth-order valence-electron chi connectivity index (χ4n) is 5.73. The lowest BCUT2D eigenvalue weighted by molar-refractivity contribution is -0.116. The quantitative estimate of drug-likeness (QED) is 0.654. The van der Waals surface area contributed by atoms with E-state index in [0.29, 0.717) is 13.0 Å². The highest BCUT2D eigenvalue weighted by molar-refractivity contribution is 5.94. The Morgan fingerprint density at radius 1 is 1.00 bits per heavy atom. The minimum atomic E-state index is 0. The third-order valence-corrected chi connectivity index (χ3v) is 6.25. The molecule has 0 aliphatic heterocycles. The van der Waals surface area contributed by atoms with E-state index in [1.807, 2.05) is 12.1 Å². The first-order valence-electron chi connectivity index (χ1n) is 9.53. The summed E-state index contributed by atoms with van der Waals surface area (Å²) in [7, 11) is 0. The Kier molecular flexibility index (Phi) is 7.23. The van der Waals surface area contributed by atoms with Gasteiger partial charge in [-0.05, 0) is 81.4 Å². The van der Waals surface area contributed by atoms with Gasteiger partial charge in [0.15, 0.2) is 0 Å². The van der Waals surface area contributed by atoms with Gasteiger partial charge in [0.1, 0.15) is 0 Å². The lowest BCUT2D eigenvalue weighted by Gasteiger charge is -2.57. The fraction of sp³-hybridized carbons (Fsp3) is 0.650. The van der Waals surface area contributed by atoms with Gasteiger partial charge in [-0.25, -0.2) is 0 Å². The van der Waals surface area contributed by atoms with Gasteiger partial charge in [0.25, 0.3) is 0 Å². The van der Waals surface area contributed by atoms with Gasteiger partial charge in [-0.2, -0.15) is 0 Å². The molecular formula is C20H31Cl2N3O. The molecular weight excluding hydrogens is 369 g/mol. The number of halogens is 2. The summed E-state index contributed by atoms with van der Waals surface area (Å²) >= 11 is 0. The molecule has 0 radical (unpaired) electrons. The van der Waals surface area contributed by atoms with E-state index in [1.165, 1.54) is 38.5 Å². The number of rotatable bonds is 6. The third-order valence-electron chi connectivity index (χ3n) is 6.25. The molecule has 0 saturated heterocycles. The van der Waals surface area contributed by atoms with Gasteiger partial charge in [0, 0.05) is 12.0 Å². The van der Waals surface area contributed by atoms with Crippen LogP contribution in [0.4, 0.5) is 11.4 Å². The van der Waals surface area contributed by atoms with Gasteiger partial charge in [-0.15, -0.1) is 24.8 Å². The number of benzene rings is 1. The molecule has 1 aromatic carbocycles. The standard InChI is InChI=1S/C20H29N3O.2ClH/c21-7-3-6-19(24)22-17-4-1-2-5-18(17)23-20-11-14-8-15(12-20)10-16(9-14)13-20;;/h1-2,4-5,14-16,23H,3,6-13,21H2,(H,22,24);2*1H. The average Bonchev–Trinajstić information content (AvgIpc) is 2.53. The van der Waals surface area contributed by atoms with Crippen molar-refractivity contribution in [2.45, 2.75) is 56.9 Å². The Bertz CT molecular complexity index is 588. The van der Waals surface area contributed by atoms with Gasteiger partial charge in [0.2, 0.25) is 5.91 Å². The van der Waals surface area contributed by atoms with Crippen molar-refractivity contribution in [1.29, 1.82) is 0 Å². The monoisotopic (exact) mass is 399 g/mol. The van der Waals surface area contributed by atoms with Gasteiger partial charge in [-0.3, -0.25) is 4.79 Å². The van der Waals surface area contributed by atoms with Crippen LogP contribution in [0.2, 0.25) is 0 Å². The van der Waals surface area contributed by atoms with Crippen LogP contribution in [0.3, 0.4) is 0 Å². The Labute approximate surface area is 168 Å². The van der Waals surface area contributed by atoms with E-state index in [0.717, 1.165) is 35.5 Å². The number of anilines is 2. The molecule has 4 nitrogen and oxygen atoms in total. The van der Waals surface area contributed by atoms with Crippen LogP contribution < -0.4 is 16.4 Å². The number of carbonyl (C=O) groups excluding carboxylic acids is 1. The van der Waals surface area contributed by atoms with Crippen molar-refractivity contribution in [3.8, 4) is 0 Å². The number of hydrogen-bond acceptors (Lipinski definition) is 3. The summed E-state index contributed by atoms with van der Waals surface area (Å²) in [6.45, 7) is 0.556. The van der Waals surface area contributed by atoms with E-state index in [2.05, 4.69) is 22.8 Å². The lowest BCUT2D eigenvalue weighted by atomic mass is 9.53. The number of hydrogen-bond donors (Lipinski definition) is 3. The lowest BCUT2D eigenvalue weighted by Crippen LogP contribution is -2.54. The molecule has 4 bridgehead atoms. The van der Waals surface area contributed by atoms with E-state index < -0.39 is 0 Å². The van der Waals surface area contributed by atoms with Crippen molar-refractivity contribution >= 4 is 42.1 Å². The molecule has 0 aromatic heterocycles. The highest BCUT2D eigenvalue weighted by atomic mass is 35.5. The van der Waals surface area contributed by atoms with Crippen molar-refractivity contribution in [2.24, 2.45) is 23.5 Å². The number of carbonyl (C=O) groups is 1. The summed E-state index contributed by atoms with van der Waals surface area (Å²) in [6.07, 6.45) is 9.45. The van der Waals surface area contributed by atoms with Crippen LogP contribution in [-0.2, 0) is 4.79 Å². The Morgan fingerprint density at radius 2 is 1.54 bits per heavy atom. The van der Waals surface area contributed by atoms with E-state index in [-0.39, 0.29) is 36.3 Å². The van der Waals surface area contributed by atoms with Crippen LogP contribution in [0.25, 0.3) is 0 Å². The summed E-state index contributed by atoms with van der Waals surface area (Å²) in [5.41, 5.74) is 7.76. The molecule has 26 heavy (non-hydrogen) atoms. The van der Waals surface area contributed by atoms with Crippen LogP contribution >= 0.6 is 24.8 Å². The summed E-state index contributed by atoms with van der Waals surface area (Å²) in [5.74, 6) is 2.79. The van der Waals surface area contributed by atoms with Crippen LogP contribution in [0, 0.1) is 17.8 Å². The van der Waals surface area contributed by atoms with Crippen LogP contribution in [0.1, 0.15) is 51.4 Å². The smallest absolute Gasteiger partial charge is 0.224 e. The SMILES string of the molecule is Cl.Cl.NCCCC(=O)Nc1ccccc1NC12CC3CC(CC(C3)C1)C2. The summed E-state index contributed by atoms with van der Waals surface area (Å²) in [4.78, 5) is 12.1. The molecule has 4 fully saturated rings. The zero-order valence-corrected chi connectivity index (χ0v) is 16.8. The zero-order valence-electron chi connectivity index (χ0n) is 15.2. The second-order valence-electron chi connectivity index (χ2n) is 8.31. The van der Waals surface area contributed by atoms with Crippen LogP contribution in [-0.4, -0.2) is 18.0 Å². The van der Waals surface area contributed by atoms with Crippen molar-refractivity contribution in [3.05, 3.63) is 24.3 Å². The Hall–Kier alpha value is -0.970. The van der Waals surface area contributed by atoms with E-state index in [4.69, 9.17) is 5.73 Å². The van der Waals surface area contributed by atoms with Gasteiger partial charge >= 0.3 is 0 Å². The molecule has 0 spiro atoms. The molecule has 4 saturated carbocycles. The Balaban J connectivity index is 0.00000121. The zero-order chi connectivity index (χ0) is 16.6. The first-order chi connectivity index (χ1) is 11.7. The van der Waals surface area contributed by atoms with Gasteiger partial charge in [0.05, 0.1) is 11.4 Å². The second-order valence-corrected chi connectivity index (χ2v) is 8.31. The Morgan fingerprint density at radius 3 is 2.08 bits per heavy atom. The fourth-order valence-corrected chi connectivity index (χ4v) is 5.73. The number of nitrogens with one attached hydrogen (secondary N) is 2. The van der Waals surface area contributed by atoms with Gasteiger partial charge in [-0.1, -0.05) is 12.1 Å². The van der Waals surface area contributed by atoms with Gasteiger partial charge < -0.3 is 16.4 Å². The molecule has 6 heteroatoms. The minimum absolute atomic E-state index is 0. The molecule has 0 unspecified atom stereocenters. The van der Waals surface area contributed by atoms with E-state index >= 15 is 0 Å². The van der Waals surface area contributed by atoms with Crippen LogP contribution in [0.5, 0.6) is 0 Å². The normalized spacial score (nSPS) is 30.9. The third kappa shape index (κ3) is 4.47. The summed E-state index contributed by atoms with van der Waals surface area (Å²) in [6, 6.07) is 8.15. The molecule has 5 rings (SSSR count). The maximum atomic E-state index is 12.1. The molecule has 146 valence electrons. The number of amides is 1. The number of nitrogens with two attached hydrogens (primary N) is 1. The maximum Gasteiger partial charge on any atom is 0.224 e. The molecule has 0 atom stereocenters. The highest BCUT2D eigenvalue weighted by Gasteiger charge is 2.51. The summed E-state index contributed by atoms with van der Waals surface area (Å²) < 4.78 is 0. The van der Waals surface area contributed by atoms with Crippen molar-refractivity contribution in [3.63, 3.8) is 0 Å². The van der Waals surface area contributed by atoms with Crippen LogP contribution in [0.15, 0.2) is 24.3 Å². The average molecular weight is 400 g/mol. The molecule has 4 aliphatic carbocycles. The molecule has 4 N–H and O–H groups in total. The number of para-hydroxylation sites is 2. The molecule has 1 amide bonds. The molecule has 1 aromatic rings. The molecule has 0 heterocycles. The summed E-state index contributed by atoms with van der Waals surface area (Å²) in [5, 5.41) is 6.95. The topological polar surface area (TPSA) is 67.2 Å². The second kappa shape index (κ2) is 8.81. The van der Waals surface area contributed by atoms with Crippen molar-refractivity contribution in [2.75, 3.05) is 17.2 Å². The van der Waals surface area contributed by atoms with Crippen molar-refractivity contribution in [1.82, 2.24) is 0 Å². The molecule has 4 aliphatic rings. The predicted molar refractivity (Wildman–Crippen MR) is 112 cm³/mol. The predicted octanol–water partition coefficient (Wildman–Crippen LogP) is 4.59. The van der Waals surface area contributed by atoms with E-state index in [1.54, 1.807) is 0 Å². The first-order valence-corrected chi connectivity index (χ1v) is 9.53. The van der Waals surface area contributed by atoms with Crippen molar-refractivity contribution < 1.29 is 4.79 Å². The highest BCUT2D eigenvalue weighted by Crippen LogP contribution is 2.56. The maximum absolute atomic E-state index is 12.1. The first kappa shape index (κ1) is 21.3. The van der Waals surface area contributed by atoms with E-state index in [9.17, 15) is 4.79 Å². The largest absolute Gasteiger partial charge is 0.378 e.